The zero-order chi connectivity index (χ0) is 13.1. The van der Waals surface area contributed by atoms with Crippen molar-refractivity contribution >= 4 is 15.9 Å². The highest BCUT2D eigenvalue weighted by atomic mass is 79.9. The molecular weight excluding hydrogens is 290 g/mol. The molecule has 3 heteroatoms. The van der Waals surface area contributed by atoms with Crippen molar-refractivity contribution in [2.75, 3.05) is 7.05 Å². The van der Waals surface area contributed by atoms with Crippen LogP contribution in [0.1, 0.15) is 35.6 Å². The van der Waals surface area contributed by atoms with Crippen LogP contribution in [0, 0.1) is 6.92 Å². The minimum Gasteiger partial charge on any atom is -0.464 e. The first kappa shape index (κ1) is 13.4. The zero-order valence-electron chi connectivity index (χ0n) is 11.0. The topological polar surface area (TPSA) is 25.2 Å². The molecule has 2 nitrogen and oxygen atoms in total. The first-order chi connectivity index (χ1) is 8.65. The van der Waals surface area contributed by atoms with Crippen LogP contribution in [-0.4, -0.2) is 7.05 Å². The molecule has 1 aromatic carbocycles. The molecule has 96 valence electrons. The van der Waals surface area contributed by atoms with E-state index in [9.17, 15) is 0 Å². The monoisotopic (exact) mass is 307 g/mol. The molecule has 0 bridgehead atoms. The van der Waals surface area contributed by atoms with Crippen LogP contribution in [0.2, 0.25) is 0 Å². The number of nitrogens with one attached hydrogen (secondary N) is 1. The number of hydrogen-bond donors (Lipinski definition) is 1. The maximum atomic E-state index is 5.85. The van der Waals surface area contributed by atoms with Gasteiger partial charge in [-0.3, -0.25) is 0 Å². The van der Waals surface area contributed by atoms with Gasteiger partial charge in [-0.1, -0.05) is 28.9 Å². The molecule has 0 aliphatic heterocycles. The minimum atomic E-state index is 0.110. The van der Waals surface area contributed by atoms with E-state index in [4.69, 9.17) is 4.42 Å². The molecule has 1 unspecified atom stereocenters. The van der Waals surface area contributed by atoms with Gasteiger partial charge in [0.05, 0.1) is 6.04 Å². The molecule has 1 N–H and O–H groups in total. The molecule has 2 aromatic rings. The van der Waals surface area contributed by atoms with E-state index in [0.717, 1.165) is 22.4 Å². The van der Waals surface area contributed by atoms with Gasteiger partial charge in [-0.25, -0.2) is 0 Å². The van der Waals surface area contributed by atoms with Crippen molar-refractivity contribution in [3.63, 3.8) is 0 Å². The molecule has 0 aliphatic rings. The Morgan fingerprint density at radius 2 is 2.06 bits per heavy atom. The van der Waals surface area contributed by atoms with Gasteiger partial charge >= 0.3 is 0 Å². The van der Waals surface area contributed by atoms with Crippen LogP contribution in [0.4, 0.5) is 0 Å². The van der Waals surface area contributed by atoms with Gasteiger partial charge in [0.2, 0.25) is 0 Å². The normalized spacial score (nSPS) is 12.7. The Kier molecular flexibility index (Phi) is 4.25. The summed E-state index contributed by atoms with van der Waals surface area (Å²) in [7, 11) is 1.96. The summed E-state index contributed by atoms with van der Waals surface area (Å²) in [5, 5.41) is 3.32. The number of benzene rings is 1. The average molecular weight is 308 g/mol. The van der Waals surface area contributed by atoms with Gasteiger partial charge in [-0.05, 0) is 49.4 Å². The standard InChI is InChI=1S/C15H18BrNO/c1-4-12-6-8-14(18-12)15(17-3)13-7-5-11(16)9-10(13)2/h5-9,15,17H,4H2,1-3H3. The molecule has 0 spiro atoms. The van der Waals surface area contributed by atoms with Crippen molar-refractivity contribution in [2.24, 2.45) is 0 Å². The summed E-state index contributed by atoms with van der Waals surface area (Å²) in [5.74, 6) is 2.00. The fraction of sp³-hybridized carbons (Fsp3) is 0.333. The lowest BCUT2D eigenvalue weighted by Crippen LogP contribution is -2.18. The minimum absolute atomic E-state index is 0.110. The molecule has 1 heterocycles. The Morgan fingerprint density at radius 3 is 2.61 bits per heavy atom. The smallest absolute Gasteiger partial charge is 0.125 e. The fourth-order valence-electron chi connectivity index (χ4n) is 2.15. The van der Waals surface area contributed by atoms with Gasteiger partial charge in [0.1, 0.15) is 11.5 Å². The number of furan rings is 1. The van der Waals surface area contributed by atoms with E-state index in [1.54, 1.807) is 0 Å². The van der Waals surface area contributed by atoms with Gasteiger partial charge in [-0.2, -0.15) is 0 Å². The lowest BCUT2D eigenvalue weighted by Gasteiger charge is -2.17. The number of halogens is 1. The van der Waals surface area contributed by atoms with Crippen LogP contribution in [0.5, 0.6) is 0 Å². The molecule has 2 rings (SSSR count). The Bertz CT molecular complexity index is 533. The van der Waals surface area contributed by atoms with Crippen LogP contribution in [0.25, 0.3) is 0 Å². The summed E-state index contributed by atoms with van der Waals surface area (Å²) in [4.78, 5) is 0. The van der Waals surface area contributed by atoms with Gasteiger partial charge in [0.15, 0.2) is 0 Å². The summed E-state index contributed by atoms with van der Waals surface area (Å²) in [6.07, 6.45) is 0.926. The van der Waals surface area contributed by atoms with Crippen molar-refractivity contribution in [1.29, 1.82) is 0 Å². The van der Waals surface area contributed by atoms with Gasteiger partial charge in [0, 0.05) is 10.9 Å². The molecule has 1 atom stereocenters. The van der Waals surface area contributed by atoms with Crippen molar-refractivity contribution in [3.8, 4) is 0 Å². The zero-order valence-corrected chi connectivity index (χ0v) is 12.5. The van der Waals surface area contributed by atoms with E-state index in [-0.39, 0.29) is 6.04 Å². The molecule has 0 fully saturated rings. The third-order valence-electron chi connectivity index (χ3n) is 3.15. The summed E-state index contributed by atoms with van der Waals surface area (Å²) < 4.78 is 6.96. The quantitative estimate of drug-likeness (QED) is 0.915. The highest BCUT2D eigenvalue weighted by molar-refractivity contribution is 9.10. The lowest BCUT2D eigenvalue weighted by molar-refractivity contribution is 0.433. The second kappa shape index (κ2) is 5.72. The van der Waals surface area contributed by atoms with Crippen LogP contribution >= 0.6 is 15.9 Å². The Hall–Kier alpha value is -1.06. The van der Waals surface area contributed by atoms with E-state index in [0.29, 0.717) is 0 Å². The first-order valence-electron chi connectivity index (χ1n) is 6.17. The summed E-state index contributed by atoms with van der Waals surface area (Å²) in [6.45, 7) is 4.22. The van der Waals surface area contributed by atoms with Crippen molar-refractivity contribution in [2.45, 2.75) is 26.3 Å². The SMILES string of the molecule is CCc1ccc(C(NC)c2ccc(Br)cc2C)o1. The summed E-state index contributed by atoms with van der Waals surface area (Å²) in [6, 6.07) is 10.5. The highest BCUT2D eigenvalue weighted by Crippen LogP contribution is 2.28. The lowest BCUT2D eigenvalue weighted by atomic mass is 10.00. The summed E-state index contributed by atoms with van der Waals surface area (Å²) in [5.41, 5.74) is 2.50. The predicted molar refractivity (Wildman–Crippen MR) is 77.9 cm³/mol. The van der Waals surface area contributed by atoms with Crippen molar-refractivity contribution < 1.29 is 4.42 Å². The highest BCUT2D eigenvalue weighted by Gasteiger charge is 2.17. The summed E-state index contributed by atoms with van der Waals surface area (Å²) >= 11 is 3.50. The van der Waals surface area contributed by atoms with Crippen LogP contribution in [0.15, 0.2) is 39.2 Å². The Labute approximate surface area is 117 Å². The van der Waals surface area contributed by atoms with E-state index < -0.39 is 0 Å². The molecule has 1 aromatic heterocycles. The van der Waals surface area contributed by atoms with Crippen LogP contribution < -0.4 is 5.32 Å². The fourth-order valence-corrected chi connectivity index (χ4v) is 2.63. The molecule has 0 saturated heterocycles. The van der Waals surface area contributed by atoms with E-state index in [2.05, 4.69) is 59.4 Å². The molecular formula is C15H18BrNO. The van der Waals surface area contributed by atoms with E-state index >= 15 is 0 Å². The second-order valence-electron chi connectivity index (χ2n) is 4.38. The molecule has 0 saturated carbocycles. The van der Waals surface area contributed by atoms with Gasteiger partial charge in [0.25, 0.3) is 0 Å². The van der Waals surface area contributed by atoms with E-state index in [1.807, 2.05) is 13.1 Å². The number of rotatable bonds is 4. The van der Waals surface area contributed by atoms with Crippen LogP contribution in [0.3, 0.4) is 0 Å². The Balaban J connectivity index is 2.38. The third kappa shape index (κ3) is 2.68. The number of aryl methyl sites for hydroxylation is 2. The van der Waals surface area contributed by atoms with Crippen molar-refractivity contribution in [1.82, 2.24) is 5.32 Å². The maximum absolute atomic E-state index is 5.85. The molecule has 0 amide bonds. The third-order valence-corrected chi connectivity index (χ3v) is 3.64. The average Bonchev–Trinajstić information content (AvgIpc) is 2.81. The predicted octanol–water partition coefficient (Wildman–Crippen LogP) is 4.22. The Morgan fingerprint density at radius 1 is 1.28 bits per heavy atom. The first-order valence-corrected chi connectivity index (χ1v) is 6.97. The second-order valence-corrected chi connectivity index (χ2v) is 5.30. The van der Waals surface area contributed by atoms with Gasteiger partial charge < -0.3 is 9.73 Å². The largest absolute Gasteiger partial charge is 0.464 e. The van der Waals surface area contributed by atoms with E-state index in [1.165, 1.54) is 11.1 Å². The van der Waals surface area contributed by atoms with Crippen LogP contribution in [-0.2, 0) is 6.42 Å². The van der Waals surface area contributed by atoms with Gasteiger partial charge in [-0.15, -0.1) is 0 Å². The van der Waals surface area contributed by atoms with Crippen molar-refractivity contribution in [3.05, 3.63) is 57.5 Å². The maximum Gasteiger partial charge on any atom is 0.125 e. The number of hydrogen-bond acceptors (Lipinski definition) is 2. The molecule has 0 radical (unpaired) electrons. The molecule has 0 aliphatic carbocycles. The molecule has 18 heavy (non-hydrogen) atoms.